The van der Waals surface area contributed by atoms with E-state index in [4.69, 9.17) is 15.2 Å². The molecule has 2 atom stereocenters. The molecule has 0 aromatic rings. The van der Waals surface area contributed by atoms with Crippen molar-refractivity contribution in [1.29, 1.82) is 0 Å². The molecule has 2 N–H and O–H groups in total. The first-order valence-corrected chi connectivity index (χ1v) is 5.70. The van der Waals surface area contributed by atoms with Crippen LogP contribution in [0.5, 0.6) is 0 Å². The van der Waals surface area contributed by atoms with Crippen LogP contribution in [-0.4, -0.2) is 47.9 Å². The van der Waals surface area contributed by atoms with Crippen molar-refractivity contribution in [2.75, 3.05) is 19.7 Å². The molecule has 2 heterocycles. The Kier molecular flexibility index (Phi) is 2.62. The van der Waals surface area contributed by atoms with Crippen LogP contribution in [0.2, 0.25) is 0 Å². The highest BCUT2D eigenvalue weighted by molar-refractivity contribution is 5.69. The Morgan fingerprint density at radius 2 is 2.19 bits per heavy atom. The molecule has 0 bridgehead atoms. The molecule has 0 aliphatic carbocycles. The summed E-state index contributed by atoms with van der Waals surface area (Å²) in [6.45, 7) is 7.40. The van der Waals surface area contributed by atoms with Crippen LogP contribution in [-0.2, 0) is 9.47 Å². The molecule has 5 heteroatoms. The summed E-state index contributed by atoms with van der Waals surface area (Å²) < 4.78 is 10.8. The van der Waals surface area contributed by atoms with E-state index in [1.54, 1.807) is 4.90 Å². The third kappa shape index (κ3) is 2.01. The third-order valence-corrected chi connectivity index (χ3v) is 3.12. The molecule has 2 aliphatic rings. The van der Waals surface area contributed by atoms with Gasteiger partial charge in [0.1, 0.15) is 11.2 Å². The second-order valence-electron chi connectivity index (χ2n) is 5.63. The zero-order valence-corrected chi connectivity index (χ0v) is 10.2. The number of carbonyl (C=O) groups is 1. The van der Waals surface area contributed by atoms with Gasteiger partial charge in [0, 0.05) is 13.0 Å². The molecule has 0 saturated carbocycles. The van der Waals surface area contributed by atoms with E-state index in [1.807, 2.05) is 20.8 Å². The van der Waals surface area contributed by atoms with Crippen LogP contribution in [0.3, 0.4) is 0 Å². The Morgan fingerprint density at radius 1 is 1.56 bits per heavy atom. The van der Waals surface area contributed by atoms with Crippen LogP contribution in [0.4, 0.5) is 4.79 Å². The van der Waals surface area contributed by atoms with Gasteiger partial charge in [0.05, 0.1) is 19.2 Å². The molecular formula is C11H20N2O3. The van der Waals surface area contributed by atoms with Crippen LogP contribution in [0.25, 0.3) is 0 Å². The van der Waals surface area contributed by atoms with Gasteiger partial charge in [0.25, 0.3) is 0 Å². The quantitative estimate of drug-likeness (QED) is 0.663. The number of ether oxygens (including phenoxy) is 2. The Labute approximate surface area is 95.9 Å². The SMILES string of the molecule is CC(C)(C)OC(=O)N1CC(N)C2(CCO2)C1. The maximum absolute atomic E-state index is 11.8. The monoisotopic (exact) mass is 228 g/mol. The Morgan fingerprint density at radius 3 is 2.56 bits per heavy atom. The summed E-state index contributed by atoms with van der Waals surface area (Å²) in [5.41, 5.74) is 5.24. The standard InChI is InChI=1S/C11H20N2O3/c1-10(2,3)16-9(14)13-6-8(12)11(7-13)4-5-15-11/h8H,4-7,12H2,1-3H3. The highest BCUT2D eigenvalue weighted by atomic mass is 16.6. The molecule has 1 amide bonds. The van der Waals surface area contributed by atoms with E-state index >= 15 is 0 Å². The normalized spacial score (nSPS) is 34.0. The van der Waals surface area contributed by atoms with E-state index in [-0.39, 0.29) is 17.7 Å². The minimum absolute atomic E-state index is 0.0891. The van der Waals surface area contributed by atoms with Crippen molar-refractivity contribution in [3.63, 3.8) is 0 Å². The molecule has 2 saturated heterocycles. The molecule has 0 aromatic carbocycles. The molecule has 16 heavy (non-hydrogen) atoms. The number of amides is 1. The van der Waals surface area contributed by atoms with E-state index < -0.39 is 5.60 Å². The lowest BCUT2D eigenvalue weighted by Gasteiger charge is -2.41. The summed E-state index contributed by atoms with van der Waals surface area (Å²) in [6, 6.07) is -0.0891. The third-order valence-electron chi connectivity index (χ3n) is 3.12. The van der Waals surface area contributed by atoms with Crippen LogP contribution >= 0.6 is 0 Å². The fraction of sp³-hybridized carbons (Fsp3) is 0.909. The zero-order chi connectivity index (χ0) is 12.0. The van der Waals surface area contributed by atoms with E-state index in [9.17, 15) is 4.79 Å². The zero-order valence-electron chi connectivity index (χ0n) is 10.2. The largest absolute Gasteiger partial charge is 0.444 e. The second kappa shape index (κ2) is 3.60. The van der Waals surface area contributed by atoms with Gasteiger partial charge in [-0.25, -0.2) is 4.79 Å². The lowest BCUT2D eigenvalue weighted by molar-refractivity contribution is -0.144. The summed E-state index contributed by atoms with van der Waals surface area (Å²) in [7, 11) is 0. The number of likely N-dealkylation sites (tertiary alicyclic amines) is 1. The molecule has 1 spiro atoms. The van der Waals surface area contributed by atoms with Gasteiger partial charge in [-0.2, -0.15) is 0 Å². The van der Waals surface area contributed by atoms with Crippen LogP contribution < -0.4 is 5.73 Å². The van der Waals surface area contributed by atoms with Crippen LogP contribution in [0.1, 0.15) is 27.2 Å². The minimum atomic E-state index is -0.461. The molecule has 2 fully saturated rings. The minimum Gasteiger partial charge on any atom is -0.444 e. The highest BCUT2D eigenvalue weighted by Gasteiger charge is 2.52. The van der Waals surface area contributed by atoms with Crippen LogP contribution in [0, 0.1) is 0 Å². The van der Waals surface area contributed by atoms with Crippen LogP contribution in [0.15, 0.2) is 0 Å². The predicted molar refractivity (Wildman–Crippen MR) is 59.1 cm³/mol. The Hall–Kier alpha value is -0.810. The van der Waals surface area contributed by atoms with E-state index in [0.717, 1.165) is 13.0 Å². The lowest BCUT2D eigenvalue weighted by Crippen LogP contribution is -2.56. The van der Waals surface area contributed by atoms with Gasteiger partial charge in [-0.3, -0.25) is 0 Å². The highest BCUT2D eigenvalue weighted by Crippen LogP contribution is 2.35. The maximum Gasteiger partial charge on any atom is 0.410 e. The summed E-state index contributed by atoms with van der Waals surface area (Å²) in [5, 5.41) is 0. The number of hydrogen-bond donors (Lipinski definition) is 1. The second-order valence-corrected chi connectivity index (χ2v) is 5.63. The summed E-state index contributed by atoms with van der Waals surface area (Å²) in [6.07, 6.45) is 0.642. The summed E-state index contributed by atoms with van der Waals surface area (Å²) in [5.74, 6) is 0. The first kappa shape index (κ1) is 11.7. The van der Waals surface area contributed by atoms with Crippen molar-refractivity contribution in [3.05, 3.63) is 0 Å². The number of hydrogen-bond acceptors (Lipinski definition) is 4. The molecule has 5 nitrogen and oxygen atoms in total. The lowest BCUT2D eigenvalue weighted by atomic mass is 9.90. The smallest absolute Gasteiger partial charge is 0.410 e. The maximum atomic E-state index is 11.8. The van der Waals surface area contributed by atoms with Gasteiger partial charge in [0.15, 0.2) is 0 Å². The predicted octanol–water partition coefficient (Wildman–Crippen LogP) is 0.724. The Bertz CT molecular complexity index is 294. The van der Waals surface area contributed by atoms with Crippen molar-refractivity contribution in [1.82, 2.24) is 4.90 Å². The average Bonchev–Trinajstić information content (AvgIpc) is 2.39. The summed E-state index contributed by atoms with van der Waals surface area (Å²) in [4.78, 5) is 13.5. The van der Waals surface area contributed by atoms with E-state index in [1.165, 1.54) is 0 Å². The van der Waals surface area contributed by atoms with E-state index in [2.05, 4.69) is 0 Å². The van der Waals surface area contributed by atoms with Gasteiger partial charge in [-0.05, 0) is 20.8 Å². The first-order valence-electron chi connectivity index (χ1n) is 5.70. The fourth-order valence-electron chi connectivity index (χ4n) is 2.16. The van der Waals surface area contributed by atoms with Gasteiger partial charge < -0.3 is 20.1 Å². The van der Waals surface area contributed by atoms with Crippen molar-refractivity contribution in [2.45, 2.75) is 44.4 Å². The molecular weight excluding hydrogens is 208 g/mol. The van der Waals surface area contributed by atoms with Crippen molar-refractivity contribution >= 4 is 6.09 Å². The van der Waals surface area contributed by atoms with Gasteiger partial charge in [-0.15, -0.1) is 0 Å². The Balaban J connectivity index is 1.95. The number of carbonyl (C=O) groups excluding carboxylic acids is 1. The van der Waals surface area contributed by atoms with E-state index in [0.29, 0.717) is 13.1 Å². The van der Waals surface area contributed by atoms with Gasteiger partial charge in [0.2, 0.25) is 0 Å². The number of rotatable bonds is 0. The van der Waals surface area contributed by atoms with Gasteiger partial charge >= 0.3 is 6.09 Å². The fourth-order valence-corrected chi connectivity index (χ4v) is 2.16. The molecule has 0 radical (unpaired) electrons. The molecule has 0 aromatic heterocycles. The van der Waals surface area contributed by atoms with Crippen molar-refractivity contribution < 1.29 is 14.3 Å². The summed E-state index contributed by atoms with van der Waals surface area (Å²) >= 11 is 0. The number of nitrogens with two attached hydrogens (primary N) is 1. The van der Waals surface area contributed by atoms with Crippen molar-refractivity contribution in [3.8, 4) is 0 Å². The molecule has 2 unspecified atom stereocenters. The molecule has 2 rings (SSSR count). The first-order chi connectivity index (χ1) is 7.32. The number of nitrogens with zero attached hydrogens (tertiary/aromatic N) is 1. The van der Waals surface area contributed by atoms with Crippen molar-refractivity contribution in [2.24, 2.45) is 5.73 Å². The molecule has 92 valence electrons. The average molecular weight is 228 g/mol. The van der Waals surface area contributed by atoms with Gasteiger partial charge in [-0.1, -0.05) is 0 Å². The molecule has 2 aliphatic heterocycles. The topological polar surface area (TPSA) is 64.8 Å².